The first-order valence-electron chi connectivity index (χ1n) is 11.5. The summed E-state index contributed by atoms with van der Waals surface area (Å²) < 4.78 is 33.3. The van der Waals surface area contributed by atoms with E-state index in [1.165, 1.54) is 33.5 Å². The number of nitrogens with zero attached hydrogens (tertiary/aromatic N) is 3. The molecule has 0 spiro atoms. The highest BCUT2D eigenvalue weighted by Crippen LogP contribution is 2.39. The molecule has 36 heavy (non-hydrogen) atoms. The number of likely N-dealkylation sites (N-methyl/N-ethyl adjacent to an activating group) is 1. The van der Waals surface area contributed by atoms with Gasteiger partial charge in [0.2, 0.25) is 10.0 Å². The van der Waals surface area contributed by atoms with Crippen LogP contribution in [-0.2, 0) is 24.3 Å². The number of aliphatic hydroxyl groups excluding tert-OH is 1. The summed E-state index contributed by atoms with van der Waals surface area (Å²) in [6.07, 6.45) is 0. The lowest BCUT2D eigenvalue weighted by molar-refractivity contribution is -0.140. The van der Waals surface area contributed by atoms with Gasteiger partial charge in [0.25, 0.3) is 11.7 Å². The van der Waals surface area contributed by atoms with Crippen LogP contribution in [0, 0.1) is 0 Å². The van der Waals surface area contributed by atoms with Gasteiger partial charge in [-0.25, -0.2) is 8.42 Å². The van der Waals surface area contributed by atoms with E-state index in [-0.39, 0.29) is 34.9 Å². The SMILES string of the molecule is CN(C)CCN1C(=O)C(=O)/C(=C(\O)c2ccc(S(=O)(=O)N3CCOCC3)cc2)C1c1ccc(Br)cc1. The molecule has 1 amide bonds. The van der Waals surface area contributed by atoms with Crippen molar-refractivity contribution >= 4 is 43.4 Å². The second-order valence-corrected chi connectivity index (χ2v) is 11.7. The van der Waals surface area contributed by atoms with Crippen LogP contribution in [0.15, 0.2) is 63.5 Å². The lowest BCUT2D eigenvalue weighted by atomic mass is 9.95. The Morgan fingerprint density at radius 2 is 1.67 bits per heavy atom. The number of aliphatic hydroxyl groups is 1. The smallest absolute Gasteiger partial charge is 0.295 e. The van der Waals surface area contributed by atoms with Gasteiger partial charge < -0.3 is 19.6 Å². The summed E-state index contributed by atoms with van der Waals surface area (Å²) in [7, 11) is 0.0376. The normalized spacial score (nSPS) is 20.9. The Morgan fingerprint density at radius 3 is 2.25 bits per heavy atom. The summed E-state index contributed by atoms with van der Waals surface area (Å²) in [5, 5.41) is 11.2. The van der Waals surface area contributed by atoms with Gasteiger partial charge in [0.05, 0.1) is 29.7 Å². The first-order valence-corrected chi connectivity index (χ1v) is 13.7. The fourth-order valence-corrected chi connectivity index (χ4v) is 5.96. The lowest BCUT2D eigenvalue weighted by Gasteiger charge is -2.27. The zero-order chi connectivity index (χ0) is 26.0. The minimum absolute atomic E-state index is 0.0233. The van der Waals surface area contributed by atoms with Crippen molar-refractivity contribution in [1.29, 1.82) is 0 Å². The van der Waals surface area contributed by atoms with Crippen molar-refractivity contribution in [2.45, 2.75) is 10.9 Å². The molecule has 1 atom stereocenters. The topological polar surface area (TPSA) is 107 Å². The van der Waals surface area contributed by atoms with Crippen LogP contribution < -0.4 is 0 Å². The third-order valence-corrected chi connectivity index (χ3v) is 8.69. The number of likely N-dealkylation sites (tertiary alicyclic amines) is 1. The zero-order valence-corrected chi connectivity index (χ0v) is 22.5. The summed E-state index contributed by atoms with van der Waals surface area (Å²) in [4.78, 5) is 29.6. The highest BCUT2D eigenvalue weighted by atomic mass is 79.9. The van der Waals surface area contributed by atoms with E-state index in [2.05, 4.69) is 15.9 Å². The second kappa shape index (κ2) is 10.8. The highest BCUT2D eigenvalue weighted by molar-refractivity contribution is 9.10. The van der Waals surface area contributed by atoms with Gasteiger partial charge in [-0.2, -0.15) is 4.31 Å². The fraction of sp³-hybridized carbons (Fsp3) is 0.360. The summed E-state index contributed by atoms with van der Waals surface area (Å²) in [6.45, 7) is 2.05. The molecule has 4 rings (SSSR count). The molecular formula is C25H28BrN3O6S. The third kappa shape index (κ3) is 5.25. The van der Waals surface area contributed by atoms with Gasteiger partial charge in [0.15, 0.2) is 0 Å². The Balaban J connectivity index is 1.73. The van der Waals surface area contributed by atoms with E-state index in [0.29, 0.717) is 31.9 Å². The minimum Gasteiger partial charge on any atom is -0.507 e. The molecule has 0 bridgehead atoms. The molecule has 11 heteroatoms. The predicted molar refractivity (Wildman–Crippen MR) is 138 cm³/mol. The molecule has 2 aromatic rings. The second-order valence-electron chi connectivity index (χ2n) is 8.89. The Kier molecular flexibility index (Phi) is 7.96. The Hall–Kier alpha value is -2.57. The van der Waals surface area contributed by atoms with Crippen LogP contribution in [0.2, 0.25) is 0 Å². The van der Waals surface area contributed by atoms with Crippen molar-refractivity contribution in [3.63, 3.8) is 0 Å². The van der Waals surface area contributed by atoms with Gasteiger partial charge in [-0.1, -0.05) is 28.1 Å². The molecule has 2 aliphatic rings. The predicted octanol–water partition coefficient (Wildman–Crippen LogP) is 2.45. The molecule has 2 heterocycles. The monoisotopic (exact) mass is 577 g/mol. The molecule has 192 valence electrons. The minimum atomic E-state index is -3.71. The van der Waals surface area contributed by atoms with Crippen LogP contribution in [-0.4, -0.2) is 92.8 Å². The molecule has 2 aromatic carbocycles. The van der Waals surface area contributed by atoms with Crippen LogP contribution in [0.25, 0.3) is 5.76 Å². The van der Waals surface area contributed by atoms with E-state index < -0.39 is 27.8 Å². The molecule has 9 nitrogen and oxygen atoms in total. The van der Waals surface area contributed by atoms with Crippen molar-refractivity contribution in [2.75, 3.05) is 53.5 Å². The molecular weight excluding hydrogens is 550 g/mol. The zero-order valence-electron chi connectivity index (χ0n) is 20.1. The van der Waals surface area contributed by atoms with Crippen molar-refractivity contribution < 1.29 is 27.9 Å². The molecule has 2 saturated heterocycles. The fourth-order valence-electron chi connectivity index (χ4n) is 4.29. The van der Waals surface area contributed by atoms with Gasteiger partial charge in [-0.05, 0) is 56.1 Å². The van der Waals surface area contributed by atoms with Crippen LogP contribution in [0.1, 0.15) is 17.2 Å². The molecule has 0 aromatic heterocycles. The van der Waals surface area contributed by atoms with E-state index in [4.69, 9.17) is 4.74 Å². The average molecular weight is 578 g/mol. The van der Waals surface area contributed by atoms with E-state index in [0.717, 1.165) is 4.47 Å². The van der Waals surface area contributed by atoms with Crippen molar-refractivity contribution in [2.24, 2.45) is 0 Å². The standard InChI is InChI=1S/C25H28BrN3O6S/c1-27(2)11-12-29-22(17-3-7-19(26)8-4-17)21(24(31)25(29)32)23(30)18-5-9-20(10-6-18)36(33,34)28-13-15-35-16-14-28/h3-10,22,30H,11-16H2,1-2H3/b23-21-. The summed E-state index contributed by atoms with van der Waals surface area (Å²) in [5.74, 6) is -1.80. The lowest BCUT2D eigenvalue weighted by Crippen LogP contribution is -2.40. The number of amides is 1. The molecule has 0 aliphatic carbocycles. The number of carbonyl (C=O) groups is 2. The first-order chi connectivity index (χ1) is 17.1. The number of halogens is 1. The maximum atomic E-state index is 13.1. The molecule has 1 N–H and O–H groups in total. The van der Waals surface area contributed by atoms with E-state index in [9.17, 15) is 23.1 Å². The number of Topliss-reactive ketones (excluding diaryl/α,β-unsaturated/α-hetero) is 1. The van der Waals surface area contributed by atoms with E-state index in [1.807, 2.05) is 31.1 Å². The van der Waals surface area contributed by atoms with Gasteiger partial charge in [0, 0.05) is 36.2 Å². The number of ether oxygens (including phenoxy) is 1. The highest BCUT2D eigenvalue weighted by Gasteiger charge is 2.45. The number of morpholine rings is 1. The average Bonchev–Trinajstić information content (AvgIpc) is 3.13. The summed E-state index contributed by atoms with van der Waals surface area (Å²) in [6, 6.07) is 12.2. The summed E-state index contributed by atoms with van der Waals surface area (Å²) in [5.41, 5.74) is 0.915. The molecule has 1 unspecified atom stereocenters. The first kappa shape index (κ1) is 26.5. The number of rotatable bonds is 7. The van der Waals surface area contributed by atoms with Gasteiger partial charge in [-0.15, -0.1) is 0 Å². The Labute approximate surface area is 219 Å². The van der Waals surface area contributed by atoms with E-state index >= 15 is 0 Å². The molecule has 0 radical (unpaired) electrons. The Bertz CT molecular complexity index is 1270. The van der Waals surface area contributed by atoms with Gasteiger partial charge >= 0.3 is 0 Å². The van der Waals surface area contributed by atoms with Crippen molar-refractivity contribution in [3.05, 3.63) is 69.7 Å². The molecule has 2 aliphatic heterocycles. The number of ketones is 1. The van der Waals surface area contributed by atoms with Crippen LogP contribution >= 0.6 is 15.9 Å². The van der Waals surface area contributed by atoms with Crippen LogP contribution in [0.5, 0.6) is 0 Å². The number of benzene rings is 2. The maximum absolute atomic E-state index is 13.1. The quantitative estimate of drug-likeness (QED) is 0.306. The van der Waals surface area contributed by atoms with Gasteiger partial charge in [-0.3, -0.25) is 9.59 Å². The maximum Gasteiger partial charge on any atom is 0.295 e. The van der Waals surface area contributed by atoms with Crippen molar-refractivity contribution in [3.8, 4) is 0 Å². The number of carbonyl (C=O) groups excluding carboxylic acids is 2. The largest absolute Gasteiger partial charge is 0.507 e. The van der Waals surface area contributed by atoms with Crippen LogP contribution in [0.4, 0.5) is 0 Å². The molecule has 0 saturated carbocycles. The molecule has 2 fully saturated rings. The third-order valence-electron chi connectivity index (χ3n) is 6.25. The van der Waals surface area contributed by atoms with Gasteiger partial charge in [0.1, 0.15) is 5.76 Å². The number of hydrogen-bond donors (Lipinski definition) is 1. The van der Waals surface area contributed by atoms with E-state index in [1.54, 1.807) is 12.1 Å². The van der Waals surface area contributed by atoms with Crippen LogP contribution in [0.3, 0.4) is 0 Å². The Morgan fingerprint density at radius 1 is 1.06 bits per heavy atom. The van der Waals surface area contributed by atoms with Crippen molar-refractivity contribution in [1.82, 2.24) is 14.1 Å². The summed E-state index contributed by atoms with van der Waals surface area (Å²) >= 11 is 3.40. The number of hydrogen-bond acceptors (Lipinski definition) is 7. The number of sulfonamides is 1.